The van der Waals surface area contributed by atoms with E-state index in [2.05, 4.69) is 15.9 Å². The molecule has 1 amide bonds. The van der Waals surface area contributed by atoms with Crippen molar-refractivity contribution in [3.05, 3.63) is 63.1 Å². The van der Waals surface area contributed by atoms with Crippen molar-refractivity contribution < 1.29 is 35.5 Å². The van der Waals surface area contributed by atoms with E-state index in [0.717, 1.165) is 4.47 Å². The van der Waals surface area contributed by atoms with Crippen LogP contribution in [0.1, 0.15) is 11.1 Å². The van der Waals surface area contributed by atoms with Crippen LogP contribution in [0.5, 0.6) is 0 Å². The van der Waals surface area contributed by atoms with Gasteiger partial charge in [0, 0.05) is 4.47 Å². The Morgan fingerprint density at radius 2 is 1.48 bits per heavy atom. The van der Waals surface area contributed by atoms with Crippen molar-refractivity contribution in [2.45, 2.75) is 18.6 Å². The van der Waals surface area contributed by atoms with E-state index in [0.29, 0.717) is 5.56 Å². The molecule has 0 fully saturated rings. The summed E-state index contributed by atoms with van der Waals surface area (Å²) in [6.45, 7) is 0. The van der Waals surface area contributed by atoms with Crippen LogP contribution < -0.4 is 11.1 Å². The number of benzene rings is 2. The summed E-state index contributed by atoms with van der Waals surface area (Å²) in [6, 6.07) is 5.07. The maximum Gasteiger partial charge on any atom is 0.422 e. The van der Waals surface area contributed by atoms with E-state index in [-0.39, 0.29) is 6.42 Å². The van der Waals surface area contributed by atoms with Gasteiger partial charge in [-0.2, -0.15) is 13.2 Å². The third kappa shape index (κ3) is 4.59. The Bertz CT molecular complexity index is 840. The summed E-state index contributed by atoms with van der Waals surface area (Å²) in [5.74, 6) is -11.3. The number of amides is 1. The molecule has 3 nitrogen and oxygen atoms in total. The Morgan fingerprint density at radius 1 is 1.00 bits per heavy atom. The van der Waals surface area contributed by atoms with Gasteiger partial charge in [0.1, 0.15) is 11.3 Å². The molecule has 11 heteroatoms. The zero-order valence-electron chi connectivity index (χ0n) is 13.1. The lowest BCUT2D eigenvalue weighted by molar-refractivity contribution is -0.143. The Kier molecular flexibility index (Phi) is 6.15. The van der Waals surface area contributed by atoms with E-state index >= 15 is 0 Å². The summed E-state index contributed by atoms with van der Waals surface area (Å²) in [5.41, 5.74) is 1.72. The average molecular weight is 459 g/mol. The number of anilines is 1. The molecular weight excluding hydrogens is 449 g/mol. The van der Waals surface area contributed by atoms with Gasteiger partial charge in [0.05, 0.1) is 6.04 Å². The van der Waals surface area contributed by atoms with Crippen LogP contribution in [0.4, 0.5) is 36.4 Å². The Hall–Kier alpha value is -2.14. The zero-order chi connectivity index (χ0) is 20.5. The molecule has 2 aromatic carbocycles. The van der Waals surface area contributed by atoms with Crippen molar-refractivity contribution in [3.8, 4) is 0 Å². The molecule has 0 saturated carbocycles. The van der Waals surface area contributed by atoms with E-state index in [9.17, 15) is 35.5 Å². The maximum atomic E-state index is 13.8. The number of halogens is 8. The lowest BCUT2D eigenvalue weighted by atomic mass is 10.1. The highest BCUT2D eigenvalue weighted by atomic mass is 79.9. The molecule has 27 heavy (non-hydrogen) atoms. The van der Waals surface area contributed by atoms with Gasteiger partial charge in [0.2, 0.25) is 5.91 Å². The maximum absolute atomic E-state index is 13.8. The molecule has 0 unspecified atom stereocenters. The third-order valence-electron chi connectivity index (χ3n) is 3.50. The predicted molar refractivity (Wildman–Crippen MR) is 85.7 cm³/mol. The van der Waals surface area contributed by atoms with Crippen LogP contribution in [0.3, 0.4) is 0 Å². The monoisotopic (exact) mass is 458 g/mol. The first-order valence-electron chi connectivity index (χ1n) is 7.17. The molecule has 0 aromatic heterocycles. The van der Waals surface area contributed by atoms with Crippen molar-refractivity contribution in [3.63, 3.8) is 0 Å². The quantitative estimate of drug-likeness (QED) is 0.522. The van der Waals surface area contributed by atoms with Crippen LogP contribution in [0.25, 0.3) is 0 Å². The van der Waals surface area contributed by atoms with Gasteiger partial charge in [-0.05, 0) is 24.1 Å². The smallest absolute Gasteiger partial charge is 0.320 e. The van der Waals surface area contributed by atoms with Gasteiger partial charge in [0.25, 0.3) is 0 Å². The Morgan fingerprint density at radius 3 is 1.93 bits per heavy atom. The fraction of sp³-hybridized carbons (Fsp3) is 0.188. The van der Waals surface area contributed by atoms with Crippen LogP contribution in [-0.2, 0) is 17.4 Å². The van der Waals surface area contributed by atoms with Gasteiger partial charge in [-0.15, -0.1) is 0 Å². The van der Waals surface area contributed by atoms with Crippen molar-refractivity contribution in [1.82, 2.24) is 0 Å². The van der Waals surface area contributed by atoms with E-state index < -0.39 is 52.6 Å². The molecule has 2 rings (SSSR count). The second-order valence-corrected chi connectivity index (χ2v) is 6.35. The third-order valence-corrected chi connectivity index (χ3v) is 4.03. The Balaban J connectivity index is 2.28. The first-order chi connectivity index (χ1) is 12.4. The number of rotatable bonds is 4. The van der Waals surface area contributed by atoms with Gasteiger partial charge in [0.15, 0.2) is 23.3 Å². The van der Waals surface area contributed by atoms with Crippen molar-refractivity contribution in [2.24, 2.45) is 5.73 Å². The van der Waals surface area contributed by atoms with Gasteiger partial charge >= 0.3 is 6.18 Å². The average Bonchev–Trinajstić information content (AvgIpc) is 2.57. The second-order valence-electron chi connectivity index (χ2n) is 5.43. The van der Waals surface area contributed by atoms with Gasteiger partial charge in [-0.1, -0.05) is 28.1 Å². The highest BCUT2D eigenvalue weighted by molar-refractivity contribution is 9.10. The standard InChI is InChI=1S/C16H10BrF7N2O/c17-7-3-1-6(2-4-7)5-8(25)15(27)26-14-12(20)10(18)9(16(22,23)24)11(19)13(14)21/h1-4,8H,5,25H2,(H,26,27)/t8-/m0/s1. The Labute approximate surface area is 156 Å². The van der Waals surface area contributed by atoms with Crippen molar-refractivity contribution in [1.29, 1.82) is 0 Å². The van der Waals surface area contributed by atoms with Gasteiger partial charge < -0.3 is 11.1 Å². The number of nitrogens with two attached hydrogens (primary N) is 1. The van der Waals surface area contributed by atoms with Crippen LogP contribution in [0, 0.1) is 23.3 Å². The second kappa shape index (κ2) is 7.85. The number of hydrogen-bond donors (Lipinski definition) is 2. The first-order valence-corrected chi connectivity index (χ1v) is 7.96. The topological polar surface area (TPSA) is 55.1 Å². The number of alkyl halides is 3. The zero-order valence-corrected chi connectivity index (χ0v) is 14.7. The largest absolute Gasteiger partial charge is 0.422 e. The molecule has 1 atom stereocenters. The van der Waals surface area contributed by atoms with E-state index in [4.69, 9.17) is 5.73 Å². The molecule has 0 aliphatic rings. The molecular formula is C16H10BrF7N2O. The minimum atomic E-state index is -5.67. The fourth-order valence-corrected chi connectivity index (χ4v) is 2.44. The van der Waals surface area contributed by atoms with Crippen LogP contribution in [-0.4, -0.2) is 11.9 Å². The normalized spacial score (nSPS) is 12.8. The number of carbonyl (C=O) groups is 1. The highest BCUT2D eigenvalue weighted by Crippen LogP contribution is 2.38. The molecule has 0 aliphatic heterocycles. The number of nitrogens with one attached hydrogen (secondary N) is 1. The molecule has 3 N–H and O–H groups in total. The summed E-state index contributed by atoms with van der Waals surface area (Å²) in [4.78, 5) is 11.9. The molecule has 146 valence electrons. The van der Waals surface area contributed by atoms with Crippen LogP contribution in [0.2, 0.25) is 0 Å². The lowest BCUT2D eigenvalue weighted by Gasteiger charge is -2.16. The summed E-state index contributed by atoms with van der Waals surface area (Å²) in [5, 5.41) is 1.50. The number of carbonyl (C=O) groups excluding carboxylic acids is 1. The summed E-state index contributed by atoms with van der Waals surface area (Å²) < 4.78 is 93.0. The van der Waals surface area contributed by atoms with Crippen LogP contribution >= 0.6 is 15.9 Å². The highest BCUT2D eigenvalue weighted by Gasteiger charge is 2.42. The lowest BCUT2D eigenvalue weighted by Crippen LogP contribution is -2.38. The molecule has 0 spiro atoms. The SMILES string of the molecule is N[C@@H](Cc1ccc(Br)cc1)C(=O)Nc1c(F)c(F)c(C(F)(F)F)c(F)c1F. The summed E-state index contributed by atoms with van der Waals surface area (Å²) in [6.07, 6.45) is -5.77. The fourth-order valence-electron chi connectivity index (χ4n) is 2.17. The summed E-state index contributed by atoms with van der Waals surface area (Å²) in [7, 11) is 0. The minimum absolute atomic E-state index is 0.103. The predicted octanol–water partition coefficient (Wildman–Crippen LogP) is 4.53. The molecule has 0 aliphatic carbocycles. The molecule has 2 aromatic rings. The van der Waals surface area contributed by atoms with E-state index in [1.165, 1.54) is 5.32 Å². The summed E-state index contributed by atoms with van der Waals surface area (Å²) >= 11 is 3.19. The van der Waals surface area contributed by atoms with Gasteiger partial charge in [-0.25, -0.2) is 17.6 Å². The van der Waals surface area contributed by atoms with Crippen molar-refractivity contribution >= 4 is 27.5 Å². The molecule has 0 heterocycles. The molecule has 0 radical (unpaired) electrons. The van der Waals surface area contributed by atoms with E-state index in [1.54, 1.807) is 24.3 Å². The number of hydrogen-bond acceptors (Lipinski definition) is 2. The molecule has 0 bridgehead atoms. The van der Waals surface area contributed by atoms with Crippen LogP contribution in [0.15, 0.2) is 28.7 Å². The minimum Gasteiger partial charge on any atom is -0.320 e. The first kappa shape index (κ1) is 21.2. The van der Waals surface area contributed by atoms with Gasteiger partial charge in [-0.3, -0.25) is 4.79 Å². The molecule has 0 saturated heterocycles. The van der Waals surface area contributed by atoms with E-state index in [1.807, 2.05) is 0 Å². The van der Waals surface area contributed by atoms with Crippen molar-refractivity contribution in [2.75, 3.05) is 5.32 Å².